The number of carbonyl (C=O) groups is 4. The van der Waals surface area contributed by atoms with E-state index in [1.54, 1.807) is 0 Å². The molecule has 17 heteroatoms. The van der Waals surface area contributed by atoms with Gasteiger partial charge in [0.1, 0.15) is 23.9 Å². The number of unbranched alkanes of at least 4 members (excludes halogenated alkanes) is 1. The molecule has 0 fully saturated rings. The highest BCUT2D eigenvalue weighted by Crippen LogP contribution is 2.12. The van der Waals surface area contributed by atoms with Crippen molar-refractivity contribution in [2.45, 2.75) is 75.5 Å². The third-order valence-corrected chi connectivity index (χ3v) is 6.45. The van der Waals surface area contributed by atoms with Gasteiger partial charge in [-0.3, -0.25) is 24.4 Å². The zero-order valence-corrected chi connectivity index (χ0v) is 24.8. The van der Waals surface area contributed by atoms with Crippen LogP contribution in [0.2, 0.25) is 0 Å². The number of hydrogen-bond donors (Lipinski definition) is 11. The molecule has 0 aliphatic rings. The topological polar surface area (TPSA) is 326 Å². The first-order valence-corrected chi connectivity index (χ1v) is 14.3. The number of aromatic hydroxyl groups is 1. The summed E-state index contributed by atoms with van der Waals surface area (Å²) in [5.41, 5.74) is 33.5. The number of nitrogens with one attached hydrogen (secondary N) is 3. The van der Waals surface area contributed by atoms with Crippen LogP contribution in [0.1, 0.15) is 50.5 Å². The van der Waals surface area contributed by atoms with Crippen molar-refractivity contribution in [3.8, 4) is 5.75 Å². The Balaban J connectivity index is 3.06. The summed E-state index contributed by atoms with van der Waals surface area (Å²) in [5.74, 6) is -3.49. The molecule has 0 aromatic heterocycles. The summed E-state index contributed by atoms with van der Waals surface area (Å²) in [7, 11) is 0. The average molecular weight is 622 g/mol. The molecule has 17 nitrogen and oxygen atoms in total. The van der Waals surface area contributed by atoms with E-state index < -0.39 is 47.9 Å². The normalized spacial score (nSPS) is 13.4. The number of aliphatic carboxylic acids is 1. The lowest BCUT2D eigenvalue weighted by molar-refractivity contribution is -0.142. The van der Waals surface area contributed by atoms with Gasteiger partial charge >= 0.3 is 5.97 Å². The number of phenols is 1. The third kappa shape index (κ3) is 15.5. The molecule has 4 unspecified atom stereocenters. The van der Waals surface area contributed by atoms with Gasteiger partial charge < -0.3 is 60.6 Å². The maximum atomic E-state index is 13.4. The molecule has 0 aliphatic carbocycles. The zero-order valence-electron chi connectivity index (χ0n) is 24.8. The Hall–Kier alpha value is -4.64. The molecule has 1 aromatic rings. The molecule has 0 spiro atoms. The van der Waals surface area contributed by atoms with Gasteiger partial charge in [-0.25, -0.2) is 4.79 Å². The first-order valence-electron chi connectivity index (χ1n) is 14.3. The van der Waals surface area contributed by atoms with E-state index in [9.17, 15) is 29.4 Å². The second-order valence-corrected chi connectivity index (χ2v) is 10.2. The molecule has 3 amide bonds. The summed E-state index contributed by atoms with van der Waals surface area (Å²) in [6.07, 6.45) is 2.26. The van der Waals surface area contributed by atoms with Gasteiger partial charge in [0, 0.05) is 19.5 Å². The number of aliphatic imine (C=N–C) groups is 2. The molecule has 0 saturated carbocycles. The Morgan fingerprint density at radius 1 is 0.705 bits per heavy atom. The van der Waals surface area contributed by atoms with Gasteiger partial charge in [0.2, 0.25) is 17.7 Å². The number of guanidine groups is 2. The predicted molar refractivity (Wildman–Crippen MR) is 166 cm³/mol. The van der Waals surface area contributed by atoms with E-state index >= 15 is 0 Å². The van der Waals surface area contributed by atoms with Crippen LogP contribution in [0.15, 0.2) is 34.3 Å². The maximum Gasteiger partial charge on any atom is 0.326 e. The minimum Gasteiger partial charge on any atom is -0.508 e. The number of nitrogens with zero attached hydrogens (tertiary/aromatic N) is 2. The molecule has 0 aliphatic heterocycles. The third-order valence-electron chi connectivity index (χ3n) is 6.45. The van der Waals surface area contributed by atoms with Crippen LogP contribution in [-0.4, -0.2) is 89.6 Å². The molecule has 44 heavy (non-hydrogen) atoms. The molecule has 0 bridgehead atoms. The number of rotatable bonds is 21. The molecule has 0 radical (unpaired) electrons. The number of carboxylic acid groups (broad SMARTS) is 1. The highest BCUT2D eigenvalue weighted by molar-refractivity contribution is 5.94. The summed E-state index contributed by atoms with van der Waals surface area (Å²) >= 11 is 0. The van der Waals surface area contributed by atoms with Crippen molar-refractivity contribution in [1.29, 1.82) is 0 Å². The van der Waals surface area contributed by atoms with Gasteiger partial charge in [-0.05, 0) is 69.2 Å². The number of nitrogens with two attached hydrogens (primary N) is 6. The van der Waals surface area contributed by atoms with E-state index in [2.05, 4.69) is 25.9 Å². The fourth-order valence-corrected chi connectivity index (χ4v) is 4.08. The summed E-state index contributed by atoms with van der Waals surface area (Å²) < 4.78 is 0. The Morgan fingerprint density at radius 2 is 1.18 bits per heavy atom. The van der Waals surface area contributed by atoms with Crippen LogP contribution < -0.4 is 50.4 Å². The average Bonchev–Trinajstić information content (AvgIpc) is 2.96. The smallest absolute Gasteiger partial charge is 0.326 e. The summed E-state index contributed by atoms with van der Waals surface area (Å²) in [4.78, 5) is 59.2. The minimum atomic E-state index is -1.33. The Kier molecular flexibility index (Phi) is 17.2. The van der Waals surface area contributed by atoms with Crippen LogP contribution in [0.5, 0.6) is 5.75 Å². The van der Waals surface area contributed by atoms with Crippen molar-refractivity contribution in [2.75, 3.05) is 19.6 Å². The standard InChI is InChI=1S/C27H47N11O6/c28-12-2-1-6-19(36-22(40)18(29)5-3-13-34-26(30)31)23(41)37-20(7-4-14-35-27(32)33)24(42)38-21(25(43)44)15-16-8-10-17(39)11-9-16/h8-11,18-21,39H,1-7,12-15,28-29H2,(H,36,40)(H,37,41)(H,38,42)(H,43,44)(H4,30,31,34)(H4,32,33,35). The van der Waals surface area contributed by atoms with Crippen LogP contribution in [0.3, 0.4) is 0 Å². The van der Waals surface area contributed by atoms with E-state index in [0.29, 0.717) is 31.4 Å². The van der Waals surface area contributed by atoms with Crippen molar-refractivity contribution in [3.05, 3.63) is 29.8 Å². The van der Waals surface area contributed by atoms with Gasteiger partial charge in [-0.2, -0.15) is 0 Å². The van der Waals surface area contributed by atoms with E-state index in [4.69, 9.17) is 34.4 Å². The Labute approximate surface area is 256 Å². The van der Waals surface area contributed by atoms with E-state index in [1.165, 1.54) is 24.3 Å². The first kappa shape index (κ1) is 37.4. The quantitative estimate of drug-likeness (QED) is 0.0372. The van der Waals surface area contributed by atoms with Crippen LogP contribution in [0.25, 0.3) is 0 Å². The molecular formula is C27H47N11O6. The Morgan fingerprint density at radius 3 is 1.68 bits per heavy atom. The highest BCUT2D eigenvalue weighted by atomic mass is 16.4. The van der Waals surface area contributed by atoms with Crippen molar-refractivity contribution >= 4 is 35.6 Å². The van der Waals surface area contributed by atoms with Gasteiger partial charge in [0.05, 0.1) is 6.04 Å². The lowest BCUT2D eigenvalue weighted by Crippen LogP contribution is -2.57. The largest absolute Gasteiger partial charge is 0.508 e. The van der Waals surface area contributed by atoms with Crippen LogP contribution in [0.4, 0.5) is 0 Å². The first-order chi connectivity index (χ1) is 20.8. The number of carboxylic acids is 1. The molecule has 0 saturated heterocycles. The lowest BCUT2D eigenvalue weighted by Gasteiger charge is -2.25. The molecular weight excluding hydrogens is 574 g/mol. The number of benzene rings is 1. The van der Waals surface area contributed by atoms with Crippen molar-refractivity contribution < 1.29 is 29.4 Å². The molecule has 246 valence electrons. The van der Waals surface area contributed by atoms with E-state index in [0.717, 1.165) is 0 Å². The number of carbonyl (C=O) groups excluding carboxylic acids is 3. The van der Waals surface area contributed by atoms with E-state index in [-0.39, 0.29) is 62.9 Å². The van der Waals surface area contributed by atoms with Gasteiger partial charge in [0.15, 0.2) is 11.9 Å². The van der Waals surface area contributed by atoms with Gasteiger partial charge in [-0.15, -0.1) is 0 Å². The number of phenolic OH excluding ortho intramolecular Hbond substituents is 1. The number of hydrogen-bond acceptors (Lipinski definition) is 9. The lowest BCUT2D eigenvalue weighted by atomic mass is 10.0. The number of amides is 3. The predicted octanol–water partition coefficient (Wildman–Crippen LogP) is -2.96. The molecule has 1 aromatic carbocycles. The van der Waals surface area contributed by atoms with Crippen molar-refractivity contribution in [3.63, 3.8) is 0 Å². The summed E-state index contributed by atoms with van der Waals surface area (Å²) in [6.45, 7) is 0.813. The summed E-state index contributed by atoms with van der Waals surface area (Å²) in [6, 6.07) is 1.37. The minimum absolute atomic E-state index is 0.00761. The zero-order chi connectivity index (χ0) is 33.1. The monoisotopic (exact) mass is 621 g/mol. The highest BCUT2D eigenvalue weighted by Gasteiger charge is 2.30. The summed E-state index contributed by atoms with van der Waals surface area (Å²) in [5, 5.41) is 27.0. The molecule has 1 rings (SSSR count). The van der Waals surface area contributed by atoms with Crippen LogP contribution in [-0.2, 0) is 25.6 Å². The van der Waals surface area contributed by atoms with Crippen molar-refractivity contribution in [1.82, 2.24) is 16.0 Å². The second kappa shape index (κ2) is 20.3. The van der Waals surface area contributed by atoms with Gasteiger partial charge in [-0.1, -0.05) is 12.1 Å². The van der Waals surface area contributed by atoms with Crippen LogP contribution >= 0.6 is 0 Å². The fraction of sp³-hybridized carbons (Fsp3) is 0.556. The SMILES string of the molecule is NCCCCC(NC(=O)C(N)CCCN=C(N)N)C(=O)NC(CCCN=C(N)N)C(=O)NC(Cc1ccc(O)cc1)C(=O)O. The van der Waals surface area contributed by atoms with Crippen LogP contribution in [0, 0.1) is 0 Å². The molecule has 4 atom stereocenters. The van der Waals surface area contributed by atoms with Gasteiger partial charge in [0.25, 0.3) is 0 Å². The van der Waals surface area contributed by atoms with Crippen molar-refractivity contribution in [2.24, 2.45) is 44.4 Å². The Bertz CT molecular complexity index is 1120. The molecule has 17 N–H and O–H groups in total. The maximum absolute atomic E-state index is 13.4. The van der Waals surface area contributed by atoms with E-state index in [1.807, 2.05) is 0 Å². The fourth-order valence-electron chi connectivity index (χ4n) is 4.08. The molecule has 0 heterocycles. The second-order valence-electron chi connectivity index (χ2n) is 10.2.